The zero-order valence-corrected chi connectivity index (χ0v) is 10.7. The molecule has 0 amide bonds. The molecule has 0 spiro atoms. The van der Waals surface area contributed by atoms with Crippen LogP contribution in [-0.2, 0) is 0 Å². The van der Waals surface area contributed by atoms with Crippen molar-refractivity contribution in [2.45, 2.75) is 6.92 Å². The summed E-state index contributed by atoms with van der Waals surface area (Å²) in [5, 5.41) is 3.00. The monoisotopic (exact) mass is 276 g/mol. The highest BCUT2D eigenvalue weighted by Crippen LogP contribution is 2.18. The molecule has 0 N–H and O–H groups in total. The topological polar surface area (TPSA) is 17.1 Å². The standard InChI is InChI=1S/C14H13BrO/c1-10(9-15)14(16)13-7-6-11-4-2-3-5-12(11)8-13/h2-8,10H,9H2,1H3. The Labute approximate surface area is 104 Å². The van der Waals surface area contributed by atoms with Crippen LogP contribution in [0.3, 0.4) is 0 Å². The average Bonchev–Trinajstić information content (AvgIpc) is 2.36. The second-order valence-electron chi connectivity index (χ2n) is 3.98. The Hall–Kier alpha value is -1.15. The number of rotatable bonds is 3. The molecule has 2 aromatic rings. The molecule has 2 aromatic carbocycles. The van der Waals surface area contributed by atoms with E-state index >= 15 is 0 Å². The predicted octanol–water partition coefficient (Wildman–Crippen LogP) is 4.05. The smallest absolute Gasteiger partial charge is 0.166 e. The lowest BCUT2D eigenvalue weighted by molar-refractivity contribution is 0.0942. The van der Waals surface area contributed by atoms with E-state index in [0.29, 0.717) is 5.33 Å². The van der Waals surface area contributed by atoms with Gasteiger partial charge in [0.1, 0.15) is 0 Å². The maximum absolute atomic E-state index is 12.0. The lowest BCUT2D eigenvalue weighted by Crippen LogP contribution is -2.12. The van der Waals surface area contributed by atoms with Crippen molar-refractivity contribution in [2.24, 2.45) is 5.92 Å². The van der Waals surface area contributed by atoms with E-state index in [0.717, 1.165) is 10.9 Å². The molecule has 2 rings (SSSR count). The second kappa shape index (κ2) is 4.79. The molecule has 1 atom stereocenters. The van der Waals surface area contributed by atoms with Gasteiger partial charge in [-0.1, -0.05) is 59.3 Å². The maximum atomic E-state index is 12.0. The fourth-order valence-electron chi connectivity index (χ4n) is 1.70. The minimum absolute atomic E-state index is 0.0289. The number of hydrogen-bond donors (Lipinski definition) is 0. The van der Waals surface area contributed by atoms with Crippen molar-refractivity contribution in [3.05, 3.63) is 48.0 Å². The molecule has 16 heavy (non-hydrogen) atoms. The van der Waals surface area contributed by atoms with Gasteiger partial charge in [-0.15, -0.1) is 0 Å². The largest absolute Gasteiger partial charge is 0.294 e. The molecule has 0 saturated carbocycles. The van der Waals surface area contributed by atoms with Gasteiger partial charge in [-0.05, 0) is 16.8 Å². The van der Waals surface area contributed by atoms with E-state index in [1.165, 1.54) is 5.39 Å². The Balaban J connectivity index is 2.43. The zero-order chi connectivity index (χ0) is 11.5. The zero-order valence-electron chi connectivity index (χ0n) is 9.11. The maximum Gasteiger partial charge on any atom is 0.166 e. The summed E-state index contributed by atoms with van der Waals surface area (Å²) in [7, 11) is 0. The Morgan fingerprint density at radius 3 is 2.56 bits per heavy atom. The molecular weight excluding hydrogens is 264 g/mol. The van der Waals surface area contributed by atoms with Gasteiger partial charge < -0.3 is 0 Å². The van der Waals surface area contributed by atoms with Gasteiger partial charge in [-0.3, -0.25) is 4.79 Å². The van der Waals surface area contributed by atoms with E-state index in [4.69, 9.17) is 0 Å². The number of carbonyl (C=O) groups excluding carboxylic acids is 1. The van der Waals surface area contributed by atoms with Crippen LogP contribution in [0, 0.1) is 5.92 Å². The van der Waals surface area contributed by atoms with E-state index in [2.05, 4.69) is 22.0 Å². The highest BCUT2D eigenvalue weighted by molar-refractivity contribution is 9.09. The summed E-state index contributed by atoms with van der Waals surface area (Å²) in [4.78, 5) is 12.0. The van der Waals surface area contributed by atoms with Crippen molar-refractivity contribution in [3.8, 4) is 0 Å². The first-order valence-corrected chi connectivity index (χ1v) is 6.43. The van der Waals surface area contributed by atoms with E-state index in [1.54, 1.807) is 0 Å². The summed E-state index contributed by atoms with van der Waals surface area (Å²) in [6.45, 7) is 1.94. The van der Waals surface area contributed by atoms with Gasteiger partial charge >= 0.3 is 0 Å². The molecule has 0 aromatic heterocycles. The fourth-order valence-corrected chi connectivity index (χ4v) is 1.99. The van der Waals surface area contributed by atoms with Crippen LogP contribution in [0.2, 0.25) is 0 Å². The first-order chi connectivity index (χ1) is 7.72. The van der Waals surface area contributed by atoms with E-state index in [1.807, 2.05) is 43.3 Å². The van der Waals surface area contributed by atoms with Crippen molar-refractivity contribution in [2.75, 3.05) is 5.33 Å². The highest BCUT2D eigenvalue weighted by atomic mass is 79.9. The third-order valence-corrected chi connectivity index (χ3v) is 3.68. The minimum Gasteiger partial charge on any atom is -0.294 e. The lowest BCUT2D eigenvalue weighted by atomic mass is 9.98. The van der Waals surface area contributed by atoms with Crippen molar-refractivity contribution in [1.29, 1.82) is 0 Å². The van der Waals surface area contributed by atoms with Gasteiger partial charge in [0.2, 0.25) is 0 Å². The molecule has 0 aliphatic rings. The third kappa shape index (κ3) is 2.17. The Bertz CT molecular complexity index is 519. The summed E-state index contributed by atoms with van der Waals surface area (Å²) in [6, 6.07) is 14.0. The molecule has 2 heteroatoms. The van der Waals surface area contributed by atoms with Crippen LogP contribution in [0.1, 0.15) is 17.3 Å². The van der Waals surface area contributed by atoms with Gasteiger partial charge in [-0.25, -0.2) is 0 Å². The fraction of sp³-hybridized carbons (Fsp3) is 0.214. The minimum atomic E-state index is 0.0289. The molecule has 1 nitrogen and oxygen atoms in total. The normalized spacial score (nSPS) is 12.6. The van der Waals surface area contributed by atoms with Gasteiger partial charge in [0.25, 0.3) is 0 Å². The van der Waals surface area contributed by atoms with Gasteiger partial charge in [0, 0.05) is 16.8 Å². The van der Waals surface area contributed by atoms with Crippen LogP contribution >= 0.6 is 15.9 Å². The molecule has 0 fully saturated rings. The molecule has 0 aliphatic carbocycles. The summed E-state index contributed by atoms with van der Waals surface area (Å²) in [5.41, 5.74) is 0.797. The van der Waals surface area contributed by atoms with Crippen LogP contribution in [0.5, 0.6) is 0 Å². The number of halogens is 1. The summed E-state index contributed by atoms with van der Waals surface area (Å²) >= 11 is 3.34. The molecular formula is C14H13BrO. The predicted molar refractivity (Wildman–Crippen MR) is 71.2 cm³/mol. The van der Waals surface area contributed by atoms with Crippen LogP contribution < -0.4 is 0 Å². The number of benzene rings is 2. The second-order valence-corrected chi connectivity index (χ2v) is 4.63. The third-order valence-electron chi connectivity index (χ3n) is 2.71. The van der Waals surface area contributed by atoms with E-state index in [-0.39, 0.29) is 11.7 Å². The molecule has 0 heterocycles. The van der Waals surface area contributed by atoms with E-state index < -0.39 is 0 Å². The Morgan fingerprint density at radius 1 is 1.19 bits per heavy atom. The van der Waals surface area contributed by atoms with Crippen LogP contribution in [0.25, 0.3) is 10.8 Å². The highest BCUT2D eigenvalue weighted by Gasteiger charge is 2.13. The number of Topliss-reactive ketones (excluding diaryl/α,β-unsaturated/α-hetero) is 1. The molecule has 0 aliphatic heterocycles. The summed E-state index contributed by atoms with van der Waals surface area (Å²) in [5.74, 6) is 0.226. The Morgan fingerprint density at radius 2 is 1.88 bits per heavy atom. The summed E-state index contributed by atoms with van der Waals surface area (Å²) < 4.78 is 0. The van der Waals surface area contributed by atoms with Crippen LogP contribution in [-0.4, -0.2) is 11.1 Å². The molecule has 0 radical (unpaired) electrons. The first-order valence-electron chi connectivity index (χ1n) is 5.31. The number of carbonyl (C=O) groups is 1. The molecule has 1 unspecified atom stereocenters. The van der Waals surface area contributed by atoms with Crippen molar-refractivity contribution in [1.82, 2.24) is 0 Å². The van der Waals surface area contributed by atoms with Crippen LogP contribution in [0.4, 0.5) is 0 Å². The Kier molecular flexibility index (Phi) is 3.39. The number of hydrogen-bond acceptors (Lipinski definition) is 1. The van der Waals surface area contributed by atoms with Crippen molar-refractivity contribution >= 4 is 32.5 Å². The lowest BCUT2D eigenvalue weighted by Gasteiger charge is -2.07. The van der Waals surface area contributed by atoms with Crippen molar-refractivity contribution in [3.63, 3.8) is 0 Å². The van der Waals surface area contributed by atoms with Gasteiger partial charge in [0.05, 0.1) is 0 Å². The number of alkyl halides is 1. The molecule has 0 bridgehead atoms. The number of fused-ring (bicyclic) bond motifs is 1. The SMILES string of the molecule is CC(CBr)C(=O)c1ccc2ccccc2c1. The van der Waals surface area contributed by atoms with Crippen LogP contribution in [0.15, 0.2) is 42.5 Å². The van der Waals surface area contributed by atoms with Crippen molar-refractivity contribution < 1.29 is 4.79 Å². The number of ketones is 1. The van der Waals surface area contributed by atoms with Gasteiger partial charge in [-0.2, -0.15) is 0 Å². The average molecular weight is 277 g/mol. The summed E-state index contributed by atoms with van der Waals surface area (Å²) in [6.07, 6.45) is 0. The molecule has 82 valence electrons. The first kappa shape index (κ1) is 11.3. The molecule has 0 saturated heterocycles. The van der Waals surface area contributed by atoms with Gasteiger partial charge in [0.15, 0.2) is 5.78 Å². The quantitative estimate of drug-likeness (QED) is 0.611. The van der Waals surface area contributed by atoms with E-state index in [9.17, 15) is 4.79 Å².